The van der Waals surface area contributed by atoms with Crippen LogP contribution in [0.25, 0.3) is 0 Å². The molecule has 29 heavy (non-hydrogen) atoms. The fourth-order valence-electron chi connectivity index (χ4n) is 7.56. The molecule has 0 saturated heterocycles. The highest BCUT2D eigenvalue weighted by atomic mass is 16.8. The molecule has 3 aliphatic carbocycles. The zero-order valence-corrected chi connectivity index (χ0v) is 19.8. The maximum atomic E-state index is 5.43. The van der Waals surface area contributed by atoms with Crippen LogP contribution in [0.4, 0.5) is 0 Å². The molecular formula is C26H44N2O. The lowest BCUT2D eigenvalue weighted by Gasteiger charge is -2.57. The van der Waals surface area contributed by atoms with Gasteiger partial charge in [-0.2, -0.15) is 0 Å². The van der Waals surface area contributed by atoms with Crippen molar-refractivity contribution in [2.75, 3.05) is 0 Å². The highest BCUT2D eigenvalue weighted by molar-refractivity contribution is 5.85. The number of allylic oxidation sites excluding steroid dienone is 3. The maximum Gasteiger partial charge on any atom is 0.0603 e. The molecule has 3 fully saturated rings. The Morgan fingerprint density at radius 1 is 1.24 bits per heavy atom. The number of hydrogen-bond donors (Lipinski definition) is 1. The Kier molecular flexibility index (Phi) is 6.98. The summed E-state index contributed by atoms with van der Waals surface area (Å²) in [4.78, 5) is 5.43. The highest BCUT2D eigenvalue weighted by Gasteiger charge is 2.58. The first kappa shape index (κ1) is 22.6. The van der Waals surface area contributed by atoms with Crippen molar-refractivity contribution in [1.29, 1.82) is 0 Å². The fourth-order valence-corrected chi connectivity index (χ4v) is 7.56. The van der Waals surface area contributed by atoms with Gasteiger partial charge in [0.15, 0.2) is 0 Å². The van der Waals surface area contributed by atoms with Crippen LogP contribution in [0.1, 0.15) is 92.9 Å². The van der Waals surface area contributed by atoms with Gasteiger partial charge < -0.3 is 0 Å². The Hall–Kier alpha value is -1.09. The summed E-state index contributed by atoms with van der Waals surface area (Å²) in [7, 11) is 0. The Labute approximate surface area is 179 Å². The molecule has 164 valence electrons. The van der Waals surface area contributed by atoms with Gasteiger partial charge >= 0.3 is 0 Å². The van der Waals surface area contributed by atoms with E-state index in [1.807, 2.05) is 6.08 Å². The molecule has 0 bridgehead atoms. The molecule has 3 nitrogen and oxygen atoms in total. The molecule has 6 atom stereocenters. The summed E-state index contributed by atoms with van der Waals surface area (Å²) >= 11 is 0. The third kappa shape index (κ3) is 4.09. The Bertz CT molecular complexity index is 651. The Balaban J connectivity index is 1.82. The van der Waals surface area contributed by atoms with Gasteiger partial charge in [-0.1, -0.05) is 56.7 Å². The molecule has 0 aliphatic heterocycles. The highest BCUT2D eigenvalue weighted by Crippen LogP contribution is 2.66. The number of nitrogens with one attached hydrogen (secondary N) is 1. The van der Waals surface area contributed by atoms with Crippen LogP contribution >= 0.6 is 0 Å². The van der Waals surface area contributed by atoms with Gasteiger partial charge in [-0.3, -0.25) is 4.94 Å². The van der Waals surface area contributed by atoms with Gasteiger partial charge in [0.05, 0.1) is 5.71 Å². The quantitative estimate of drug-likeness (QED) is 0.366. The molecule has 0 aromatic rings. The summed E-state index contributed by atoms with van der Waals surface area (Å²) in [6, 6.07) is 0.283. The van der Waals surface area contributed by atoms with Gasteiger partial charge in [0.2, 0.25) is 0 Å². The summed E-state index contributed by atoms with van der Waals surface area (Å²) in [6.07, 6.45) is 14.9. The summed E-state index contributed by atoms with van der Waals surface area (Å²) in [5.74, 6) is 3.08. The van der Waals surface area contributed by atoms with Crippen molar-refractivity contribution in [2.24, 2.45) is 39.7 Å². The van der Waals surface area contributed by atoms with Crippen LogP contribution in [0, 0.1) is 34.5 Å². The molecule has 0 amide bonds. The zero-order valence-electron chi connectivity index (χ0n) is 19.8. The van der Waals surface area contributed by atoms with Crippen molar-refractivity contribution >= 4 is 5.71 Å². The number of hydrogen-bond acceptors (Lipinski definition) is 3. The molecule has 0 spiro atoms. The van der Waals surface area contributed by atoms with Gasteiger partial charge in [-0.25, -0.2) is 0 Å². The third-order valence-corrected chi connectivity index (χ3v) is 8.81. The molecule has 0 aromatic carbocycles. The Morgan fingerprint density at radius 2 is 2.00 bits per heavy atom. The van der Waals surface area contributed by atoms with E-state index in [0.29, 0.717) is 16.7 Å². The summed E-state index contributed by atoms with van der Waals surface area (Å²) in [5.41, 5.74) is 6.55. The summed E-state index contributed by atoms with van der Waals surface area (Å²) in [6.45, 7) is 17.8. The molecule has 3 heteroatoms. The third-order valence-electron chi connectivity index (χ3n) is 8.81. The number of hydroxylamine groups is 1. The van der Waals surface area contributed by atoms with Crippen LogP contribution in [-0.2, 0) is 4.94 Å². The average Bonchev–Trinajstić information content (AvgIpc) is 3.01. The SMILES string of the molecule is C=C/C=C1/CCC2C(CCC3(C)C(/C(C)=N/ONC(C)C)CCC23)C1(C)CCC. The lowest BCUT2D eigenvalue weighted by Crippen LogP contribution is -2.50. The normalized spacial score (nSPS) is 41.3. The zero-order chi connectivity index (χ0) is 21.2. The van der Waals surface area contributed by atoms with E-state index in [2.05, 4.69) is 64.8 Å². The van der Waals surface area contributed by atoms with Gasteiger partial charge in [0.1, 0.15) is 0 Å². The van der Waals surface area contributed by atoms with Gasteiger partial charge in [0.25, 0.3) is 0 Å². The second-order valence-electron chi connectivity index (χ2n) is 10.8. The van der Waals surface area contributed by atoms with Gasteiger partial charge in [0, 0.05) is 12.0 Å². The monoisotopic (exact) mass is 400 g/mol. The van der Waals surface area contributed by atoms with E-state index in [4.69, 9.17) is 4.94 Å². The number of nitrogens with zero attached hydrogens (tertiary/aromatic N) is 1. The van der Waals surface area contributed by atoms with Crippen LogP contribution in [0.15, 0.2) is 29.5 Å². The molecule has 3 rings (SSSR count). The minimum atomic E-state index is 0.283. The smallest absolute Gasteiger partial charge is 0.0603 e. The number of fused-ring (bicyclic) bond motifs is 3. The van der Waals surface area contributed by atoms with Crippen LogP contribution in [-0.4, -0.2) is 11.8 Å². The predicted octanol–water partition coefficient (Wildman–Crippen LogP) is 7.06. The van der Waals surface area contributed by atoms with Crippen molar-refractivity contribution in [3.63, 3.8) is 0 Å². The van der Waals surface area contributed by atoms with Crippen molar-refractivity contribution in [3.05, 3.63) is 24.3 Å². The molecule has 6 unspecified atom stereocenters. The van der Waals surface area contributed by atoms with Crippen LogP contribution in [0.2, 0.25) is 0 Å². The standard InChI is InChI=1S/C26H44N2O/c1-8-10-20-11-12-21-23-14-13-22(19(5)28-29-27-18(3)4)26(23,7)17-15-24(21)25(20,6)16-9-2/h8,10,18,21-24,27H,1,9,11-17H2,2-7H3/b20-10-,28-19+. The molecule has 0 heterocycles. The second kappa shape index (κ2) is 8.96. The van der Waals surface area contributed by atoms with Gasteiger partial charge in [-0.15, -0.1) is 5.48 Å². The van der Waals surface area contributed by atoms with E-state index in [-0.39, 0.29) is 6.04 Å². The number of rotatable bonds is 7. The van der Waals surface area contributed by atoms with E-state index >= 15 is 0 Å². The fraction of sp³-hybridized carbons (Fsp3) is 0.808. The van der Waals surface area contributed by atoms with Gasteiger partial charge in [-0.05, 0) is 94.3 Å². The van der Waals surface area contributed by atoms with Crippen LogP contribution in [0.5, 0.6) is 0 Å². The maximum absolute atomic E-state index is 5.43. The second-order valence-corrected chi connectivity index (χ2v) is 10.8. The largest absolute Gasteiger partial charge is 0.300 e. The van der Waals surface area contributed by atoms with Crippen molar-refractivity contribution < 1.29 is 4.94 Å². The van der Waals surface area contributed by atoms with Crippen molar-refractivity contribution in [3.8, 4) is 0 Å². The lowest BCUT2D eigenvalue weighted by atomic mass is 9.47. The molecular weight excluding hydrogens is 356 g/mol. The molecule has 1 N–H and O–H groups in total. The van der Waals surface area contributed by atoms with E-state index < -0.39 is 0 Å². The van der Waals surface area contributed by atoms with Crippen LogP contribution in [0.3, 0.4) is 0 Å². The van der Waals surface area contributed by atoms with E-state index in [0.717, 1.165) is 17.8 Å². The minimum absolute atomic E-state index is 0.283. The van der Waals surface area contributed by atoms with Crippen LogP contribution < -0.4 is 5.48 Å². The average molecular weight is 401 g/mol. The topological polar surface area (TPSA) is 33.6 Å². The molecule has 3 aliphatic rings. The molecule has 0 aromatic heterocycles. The van der Waals surface area contributed by atoms with E-state index in [1.165, 1.54) is 57.1 Å². The Morgan fingerprint density at radius 3 is 2.66 bits per heavy atom. The lowest BCUT2D eigenvalue weighted by molar-refractivity contribution is -0.0418. The van der Waals surface area contributed by atoms with E-state index in [9.17, 15) is 0 Å². The molecule has 0 radical (unpaired) electrons. The summed E-state index contributed by atoms with van der Waals surface area (Å²) in [5, 5.41) is 4.47. The minimum Gasteiger partial charge on any atom is -0.300 e. The van der Waals surface area contributed by atoms with Crippen molar-refractivity contribution in [2.45, 2.75) is 99.0 Å². The molecule has 3 saturated carbocycles. The predicted molar refractivity (Wildman–Crippen MR) is 124 cm³/mol. The van der Waals surface area contributed by atoms with Crippen molar-refractivity contribution in [1.82, 2.24) is 5.48 Å². The number of oxime groups is 1. The first-order chi connectivity index (χ1) is 13.8. The van der Waals surface area contributed by atoms with E-state index in [1.54, 1.807) is 5.57 Å². The summed E-state index contributed by atoms with van der Waals surface area (Å²) < 4.78 is 0. The first-order valence-electron chi connectivity index (χ1n) is 12.1. The first-order valence-corrected chi connectivity index (χ1v) is 12.1.